The number of methoxy groups -OCH3 is 1. The van der Waals surface area contributed by atoms with Crippen LogP contribution in [0.2, 0.25) is 58.9 Å². The molecule has 0 heterocycles. The van der Waals surface area contributed by atoms with Gasteiger partial charge < -0.3 is 18.0 Å². The average Bonchev–Trinajstić information content (AvgIpc) is 3.19. The normalized spacial score (nSPS) is 41.5. The molecule has 4 aliphatic rings. The van der Waals surface area contributed by atoms with Crippen LogP contribution in [0, 0.1) is 46.3 Å². The van der Waals surface area contributed by atoms with Crippen molar-refractivity contribution in [2.75, 3.05) is 7.11 Å². The van der Waals surface area contributed by atoms with Crippen LogP contribution in [0.25, 0.3) is 0 Å². The van der Waals surface area contributed by atoms with Gasteiger partial charge in [0, 0.05) is 18.6 Å². The van der Waals surface area contributed by atoms with Crippen LogP contribution >= 0.6 is 0 Å². The fourth-order valence-electron chi connectivity index (χ4n) is 10.5. The minimum absolute atomic E-state index is 0.0799. The fourth-order valence-corrected chi connectivity index (χ4v) is 14.1. The predicted octanol–water partition coefficient (Wildman–Crippen LogP) is 9.11. The minimum Gasteiger partial charge on any atom is -0.469 e. The molecule has 0 bridgehead atoms. The lowest BCUT2D eigenvalue weighted by Crippen LogP contribution is -2.64. The Labute approximate surface area is 262 Å². The highest BCUT2D eigenvalue weighted by Crippen LogP contribution is 2.69. The van der Waals surface area contributed by atoms with Crippen molar-refractivity contribution in [1.82, 2.24) is 0 Å². The van der Waals surface area contributed by atoms with Crippen molar-refractivity contribution >= 4 is 30.9 Å². The van der Waals surface area contributed by atoms with Crippen LogP contribution in [0.5, 0.6) is 0 Å². The van der Waals surface area contributed by atoms with E-state index in [-0.39, 0.29) is 17.5 Å². The minimum atomic E-state index is -1.79. The van der Waals surface area contributed by atoms with Gasteiger partial charge in [-0.25, -0.2) is 0 Å². The summed E-state index contributed by atoms with van der Waals surface area (Å²) in [5.74, 6) is 3.45. The first kappa shape index (κ1) is 34.9. The second kappa shape index (κ2) is 12.3. The topological polar surface area (TPSA) is 54.0 Å². The number of ether oxygens (including phenoxy) is 1. The highest BCUT2D eigenvalue weighted by atomic mass is 28.4. The molecule has 5 nitrogen and oxygen atoms in total. The molecule has 8 heteroatoms. The van der Waals surface area contributed by atoms with Crippen molar-refractivity contribution in [3.05, 3.63) is 0 Å². The van der Waals surface area contributed by atoms with Crippen molar-refractivity contribution in [3.63, 3.8) is 0 Å². The number of carbonyl (C=O) groups is 1. The smallest absolute Gasteiger partial charge is 0.305 e. The summed E-state index contributed by atoms with van der Waals surface area (Å²) in [5.41, 5.74) is 0.430. The van der Waals surface area contributed by atoms with E-state index < -0.39 is 25.0 Å². The lowest BCUT2D eigenvalue weighted by Gasteiger charge is -2.66. The predicted molar refractivity (Wildman–Crippen MR) is 181 cm³/mol. The molecule has 4 saturated carbocycles. The van der Waals surface area contributed by atoms with Gasteiger partial charge in [-0.2, -0.15) is 0 Å². The van der Waals surface area contributed by atoms with Gasteiger partial charge in [-0.05, 0) is 157 Å². The van der Waals surface area contributed by atoms with E-state index in [1.54, 1.807) is 0 Å². The van der Waals surface area contributed by atoms with Gasteiger partial charge in [-0.1, -0.05) is 20.8 Å². The van der Waals surface area contributed by atoms with E-state index in [9.17, 15) is 4.79 Å². The van der Waals surface area contributed by atoms with E-state index in [0.717, 1.165) is 6.42 Å². The molecular weight excluding hydrogens is 573 g/mol. The van der Waals surface area contributed by atoms with Crippen LogP contribution in [0.4, 0.5) is 0 Å². The summed E-state index contributed by atoms with van der Waals surface area (Å²) >= 11 is 0. The second-order valence-corrected chi connectivity index (χ2v) is 31.6. The fraction of sp³-hybridized carbons (Fsp3) is 0.971. The molecular formula is C34H66O5Si3. The van der Waals surface area contributed by atoms with Gasteiger partial charge in [0.25, 0.3) is 0 Å². The zero-order valence-corrected chi connectivity index (χ0v) is 32.6. The molecule has 4 aliphatic carbocycles. The monoisotopic (exact) mass is 638 g/mol. The molecule has 4 rings (SSSR count). The first-order valence-electron chi connectivity index (χ1n) is 17.3. The van der Waals surface area contributed by atoms with Crippen molar-refractivity contribution in [2.24, 2.45) is 46.3 Å². The third-order valence-electron chi connectivity index (χ3n) is 12.0. The van der Waals surface area contributed by atoms with Crippen LogP contribution in [-0.2, 0) is 22.8 Å². The molecule has 0 amide bonds. The Balaban J connectivity index is 1.72. The summed E-state index contributed by atoms with van der Waals surface area (Å²) in [7, 11) is -3.61. The molecule has 0 N–H and O–H groups in total. The van der Waals surface area contributed by atoms with E-state index >= 15 is 0 Å². The van der Waals surface area contributed by atoms with Gasteiger partial charge in [0.05, 0.1) is 13.2 Å². The summed E-state index contributed by atoms with van der Waals surface area (Å²) in [5, 5.41) is 0. The van der Waals surface area contributed by atoms with Crippen LogP contribution in [0.1, 0.15) is 78.6 Å². The molecule has 244 valence electrons. The van der Waals surface area contributed by atoms with Crippen molar-refractivity contribution < 1.29 is 22.8 Å². The maximum atomic E-state index is 12.1. The highest BCUT2D eigenvalue weighted by Gasteiger charge is 2.67. The summed E-state index contributed by atoms with van der Waals surface area (Å²) < 4.78 is 26.4. The average molecular weight is 639 g/mol. The Bertz CT molecular complexity index is 954. The molecule has 0 unspecified atom stereocenters. The molecule has 11 atom stereocenters. The van der Waals surface area contributed by atoms with Crippen LogP contribution in [0.3, 0.4) is 0 Å². The van der Waals surface area contributed by atoms with Gasteiger partial charge in [0.1, 0.15) is 0 Å². The number of hydrogen-bond donors (Lipinski definition) is 0. The van der Waals surface area contributed by atoms with E-state index in [1.807, 2.05) is 0 Å². The number of carbonyl (C=O) groups excluding carboxylic acids is 1. The summed E-state index contributed by atoms with van der Waals surface area (Å²) in [6.45, 7) is 29.0. The number of esters is 1. The third kappa shape index (κ3) is 7.35. The number of hydrogen-bond acceptors (Lipinski definition) is 5. The van der Waals surface area contributed by atoms with E-state index in [0.29, 0.717) is 59.6 Å². The second-order valence-electron chi connectivity index (χ2n) is 18.2. The Morgan fingerprint density at radius 3 is 2.00 bits per heavy atom. The quantitative estimate of drug-likeness (QED) is 0.176. The molecule has 0 aromatic heterocycles. The Hall–Kier alpha value is 0.000649. The molecule has 0 saturated heterocycles. The van der Waals surface area contributed by atoms with E-state index in [4.69, 9.17) is 18.0 Å². The van der Waals surface area contributed by atoms with Gasteiger partial charge in [-0.15, -0.1) is 0 Å². The molecule has 0 radical (unpaired) electrons. The standard InChI is InChI=1S/C34H66O5Si3/c1-23(14-17-31(35)36-4)26-15-16-27-32-28(22-30(34(26,27)3)39-42(11,12)13)33(2)19-18-25(37-40(5,6)7)20-24(33)21-29(32)38-41(8,9)10/h23-30,32H,14-22H2,1-13H3/t23-,24-,25+,26-,27+,28+,29-,30+,32+,33+,34-/m1/s1. The number of fused-ring (bicyclic) bond motifs is 5. The zero-order chi connectivity index (χ0) is 31.5. The first-order valence-corrected chi connectivity index (χ1v) is 27.5. The van der Waals surface area contributed by atoms with Crippen LogP contribution < -0.4 is 0 Å². The van der Waals surface area contributed by atoms with Crippen molar-refractivity contribution in [1.29, 1.82) is 0 Å². The first-order chi connectivity index (χ1) is 19.2. The van der Waals surface area contributed by atoms with Crippen molar-refractivity contribution in [2.45, 2.75) is 156 Å². The van der Waals surface area contributed by atoms with Crippen molar-refractivity contribution in [3.8, 4) is 0 Å². The number of rotatable bonds is 10. The highest BCUT2D eigenvalue weighted by molar-refractivity contribution is 6.70. The molecule has 4 fully saturated rings. The summed E-state index contributed by atoms with van der Waals surface area (Å²) in [6.07, 6.45) is 11.0. The van der Waals surface area contributed by atoms with Gasteiger partial charge in [0.2, 0.25) is 0 Å². The lowest BCUT2D eigenvalue weighted by atomic mass is 9.43. The zero-order valence-electron chi connectivity index (χ0n) is 29.6. The summed E-state index contributed by atoms with van der Waals surface area (Å²) in [6, 6.07) is 0. The van der Waals surface area contributed by atoms with Crippen LogP contribution in [0.15, 0.2) is 0 Å². The molecule has 0 aromatic carbocycles. The Morgan fingerprint density at radius 1 is 0.810 bits per heavy atom. The maximum Gasteiger partial charge on any atom is 0.305 e. The Kier molecular flexibility index (Phi) is 10.2. The van der Waals surface area contributed by atoms with Gasteiger partial charge in [-0.3, -0.25) is 4.79 Å². The summed E-state index contributed by atoms with van der Waals surface area (Å²) in [4.78, 5) is 12.1. The molecule has 0 aliphatic heterocycles. The van der Waals surface area contributed by atoms with Crippen LogP contribution in [-0.4, -0.2) is 56.3 Å². The Morgan fingerprint density at radius 2 is 1.43 bits per heavy atom. The SMILES string of the molecule is COC(=O)CC[C@@H](C)[C@H]1CC[C@H]2[C@@H]3[C@H](O[Si](C)(C)C)C[C@H]4C[C@@H](O[Si](C)(C)C)CC[C@]4(C)[C@H]3C[C@H](O[Si](C)(C)C)[C@]12C. The van der Waals surface area contributed by atoms with E-state index in [2.05, 4.69) is 79.7 Å². The molecule has 0 aromatic rings. The van der Waals surface area contributed by atoms with Gasteiger partial charge in [0.15, 0.2) is 25.0 Å². The molecule has 0 spiro atoms. The largest absolute Gasteiger partial charge is 0.469 e. The molecule has 42 heavy (non-hydrogen) atoms. The van der Waals surface area contributed by atoms with Gasteiger partial charge >= 0.3 is 5.97 Å². The maximum absolute atomic E-state index is 12.1. The third-order valence-corrected chi connectivity index (χ3v) is 15.0. The van der Waals surface area contributed by atoms with E-state index in [1.165, 1.54) is 52.1 Å². The lowest BCUT2D eigenvalue weighted by molar-refractivity contribution is -0.199.